The van der Waals surface area contributed by atoms with E-state index in [9.17, 15) is 5.48 Å². The molecule has 0 bridgehead atoms. The molecule has 0 fully saturated rings. The van der Waals surface area contributed by atoms with Crippen LogP contribution in [-0.4, -0.2) is 31.8 Å². The number of ether oxygens (including phenoxy) is 1. The summed E-state index contributed by atoms with van der Waals surface area (Å²) in [6.07, 6.45) is 3.37. The molecular weight excluding hydrogens is 1040 g/mol. The normalized spacial score (nSPS) is 16.4. The van der Waals surface area contributed by atoms with Gasteiger partial charge in [-0.15, -0.1) is 0 Å². The molecule has 0 amide bonds. The van der Waals surface area contributed by atoms with Crippen LogP contribution >= 0.6 is 0 Å². The Kier molecular flexibility index (Phi) is 7.10. The van der Waals surface area contributed by atoms with E-state index in [0.717, 1.165) is 38.7 Å². The number of imidazole rings is 1. The van der Waals surface area contributed by atoms with E-state index < -0.39 is 78.6 Å². The van der Waals surface area contributed by atoms with Crippen molar-refractivity contribution in [2.75, 3.05) is 18.0 Å². The topological polar surface area (TPSA) is 40.1 Å². The second-order valence-electron chi connectivity index (χ2n) is 18.5. The first-order valence-corrected chi connectivity index (χ1v) is 24.2. The molecule has 0 saturated heterocycles. The van der Waals surface area contributed by atoms with Gasteiger partial charge in [0.15, 0.2) is 0 Å². The van der Waals surface area contributed by atoms with Crippen LogP contribution in [-0.2, 0) is 37.6 Å². The average Bonchev–Trinajstić information content (AvgIpc) is 1.73. The van der Waals surface area contributed by atoms with Gasteiger partial charge in [-0.3, -0.25) is 0 Å². The van der Waals surface area contributed by atoms with Gasteiger partial charge in [-0.25, -0.2) is 0 Å². The summed E-state index contributed by atoms with van der Waals surface area (Å²) in [6, 6.07) is 26.0. The monoisotopic (exact) mass is 1100 g/mol. The number of nitrogens with zero attached hydrogens (tertiary/aromatic N) is 5. The van der Waals surface area contributed by atoms with Gasteiger partial charge in [-0.2, -0.15) is 0 Å². The minimum atomic E-state index is -0.564. The van der Waals surface area contributed by atoms with Crippen LogP contribution in [0.15, 0.2) is 182 Å². The molecule has 70 heavy (non-hydrogen) atoms. The number of benzene rings is 8. The number of aromatic nitrogens is 4. The smallest absolute Gasteiger partial charge is 0.0617 e. The fourth-order valence-electron chi connectivity index (χ4n) is 10.3. The van der Waals surface area contributed by atoms with Gasteiger partial charge in [0, 0.05) is 6.20 Å². The zero-order chi connectivity index (χ0) is 60.1. The number of hydrogen-bond donors (Lipinski definition) is 0. The van der Waals surface area contributed by atoms with E-state index in [0.29, 0.717) is 98.1 Å². The van der Waals surface area contributed by atoms with Gasteiger partial charge in [0.1, 0.15) is 0 Å². The summed E-state index contributed by atoms with van der Waals surface area (Å²) >= 11 is 2.19. The molecule has 2 aliphatic heterocycles. The van der Waals surface area contributed by atoms with E-state index >= 15 is 0 Å². The zero-order valence-electron chi connectivity index (χ0n) is 53.2. The van der Waals surface area contributed by atoms with Crippen molar-refractivity contribution in [1.82, 2.24) is 18.7 Å². The number of para-hydroxylation sites is 2. The van der Waals surface area contributed by atoms with Gasteiger partial charge >= 0.3 is 343 Å². The zero-order valence-corrected chi connectivity index (χ0v) is 40.4. The molecule has 0 N–H and O–H groups in total. The average molecular weight is 1100 g/mol. The van der Waals surface area contributed by atoms with E-state index in [-0.39, 0.29) is 34.2 Å². The number of anilines is 1. The summed E-state index contributed by atoms with van der Waals surface area (Å²) in [4.78, 5) is 7.03. The van der Waals surface area contributed by atoms with Crippen molar-refractivity contribution in [3.05, 3.63) is 214 Å². The van der Waals surface area contributed by atoms with Gasteiger partial charge in [0.25, 0.3) is 0 Å². The Labute approximate surface area is 440 Å². The number of hydrogen-bond acceptors (Lipinski definition) is 3. The van der Waals surface area contributed by atoms with Crippen molar-refractivity contribution in [3.63, 3.8) is 0 Å². The Morgan fingerprint density at radius 1 is 0.586 bits per heavy atom. The first-order chi connectivity index (χ1) is 40.5. The molecule has 0 spiro atoms. The third kappa shape index (κ3) is 7.03. The van der Waals surface area contributed by atoms with Crippen molar-refractivity contribution in [2.45, 2.75) is 45.4 Å². The van der Waals surface area contributed by atoms with Gasteiger partial charge in [-0.1, -0.05) is 57.0 Å². The van der Waals surface area contributed by atoms with Crippen molar-refractivity contribution in [3.8, 4) is 62.1 Å². The molecule has 8 aromatic carbocycles. The third-order valence-electron chi connectivity index (χ3n) is 13.4. The molecule has 13 rings (SSSR count). The Morgan fingerprint density at radius 3 is 1.97 bits per heavy atom. The Morgan fingerprint density at radius 2 is 1.26 bits per heavy atom. The number of rotatable bonds is 8. The van der Waals surface area contributed by atoms with Crippen LogP contribution in [0.4, 0.5) is 5.69 Å². The van der Waals surface area contributed by atoms with Crippen LogP contribution in [0.3, 0.4) is 0 Å². The fourth-order valence-corrected chi connectivity index (χ4v) is 11.4. The summed E-state index contributed by atoms with van der Waals surface area (Å²) in [6.45, 7) is 7.58. The molecule has 344 valence electrons. The molecule has 0 atom stereocenters. The van der Waals surface area contributed by atoms with Crippen LogP contribution in [0, 0.1) is 15.9 Å². The van der Waals surface area contributed by atoms with Crippen LogP contribution in [0.2, 0.25) is 0 Å². The van der Waals surface area contributed by atoms with Crippen molar-refractivity contribution in [1.29, 1.82) is 0 Å². The van der Waals surface area contributed by atoms with E-state index in [4.69, 9.17) is 24.8 Å². The molecule has 7 heteroatoms. The summed E-state index contributed by atoms with van der Waals surface area (Å²) in [5.41, 5.74) is 7.44. The first kappa shape index (κ1) is 29.5. The third-order valence-corrected chi connectivity index (χ3v) is 14.4. The SMILES string of the molecule is [2H]c1c([2H])c([2H])c(-c2ccc3c(c2)c2ccc(Oc4[c-]c(-n5[c](=[Pt])n(-c6c(-c7c([2H])c([2H])c([2H])c([2H])c7[2H])c7c8c(c6-c6c([2H])c([2H])c([2H])c([2H])c6[2H])CCN8CCC7)c6ccccc65)ccc4)[c-]c2n3-c2cc(C(C)(C)C)ccn2)c([2H])c1[2H]. The second-order valence-corrected chi connectivity index (χ2v) is 19.5. The number of fused-ring (bicyclic) bond motifs is 4. The summed E-state index contributed by atoms with van der Waals surface area (Å²) < 4.78 is 147. The Balaban J connectivity index is 1.02. The summed E-state index contributed by atoms with van der Waals surface area (Å²) in [7, 11) is 0. The quantitative estimate of drug-likeness (QED) is 0.142. The molecule has 0 saturated carbocycles. The molecule has 6 nitrogen and oxygen atoms in total. The van der Waals surface area contributed by atoms with Gasteiger partial charge < -0.3 is 0 Å². The maximum atomic E-state index is 9.51. The minimum Gasteiger partial charge on any atom is -0.0617 e. The van der Waals surface area contributed by atoms with Crippen molar-refractivity contribution < 1.29 is 44.7 Å². The molecular formula is C63H49N5OPt-2. The van der Waals surface area contributed by atoms with Gasteiger partial charge in [0.05, 0.1) is 6.85 Å². The fraction of sp³-hybridized carbons (Fsp3) is 0.143. The van der Waals surface area contributed by atoms with E-state index in [1.165, 1.54) is 0 Å². The molecule has 0 radical (unpaired) electrons. The summed E-state index contributed by atoms with van der Waals surface area (Å²) in [5, 5.41) is 1.45. The molecule has 5 heterocycles. The van der Waals surface area contributed by atoms with Crippen LogP contribution in [0.5, 0.6) is 11.5 Å². The Hall–Kier alpha value is -7.53. The van der Waals surface area contributed by atoms with E-state index in [1.807, 2.05) is 80.4 Å². The number of pyridine rings is 1. The summed E-state index contributed by atoms with van der Waals surface area (Å²) in [5.74, 6) is 1.22. The van der Waals surface area contributed by atoms with Gasteiger partial charge in [0.2, 0.25) is 0 Å². The van der Waals surface area contributed by atoms with Crippen molar-refractivity contribution >= 4 is 38.5 Å². The second kappa shape index (κ2) is 16.9. The minimum absolute atomic E-state index is 0.0667. The van der Waals surface area contributed by atoms with Crippen LogP contribution in [0.25, 0.3) is 83.4 Å². The van der Waals surface area contributed by atoms with Crippen LogP contribution in [0.1, 0.15) is 64.4 Å². The maximum absolute atomic E-state index is 9.51. The van der Waals surface area contributed by atoms with E-state index in [2.05, 4.69) is 57.2 Å². The molecule has 11 aromatic rings. The molecule has 2 aliphatic rings. The standard InChI is InChI=1S/C63H49N5O.Pt/c1-63(2,3)46-32-34-64-58(38-46)68-54-31-28-45(42-17-7-4-8-18-42)37-53(54)50-30-29-49(40-57(50)68)69-48-24-15-23-47(39-48)66-41-67(56-27-14-13-26-55(56)66)62-59(43-19-9-5-10-20-43)51-25-16-35-65-36-33-52(61(51)65)60(62)44-21-11-6-12-22-44;/h4-15,17-24,26-32,34,37-38H,16,25,33,35-36H2,1-3H3;/q-2;/i4D,5D,6D,7D,8D,9D,10D,11D,12D,17D,18D,19D,20D,21D,22D;. The molecule has 3 aromatic heterocycles. The van der Waals surface area contributed by atoms with E-state index in [1.54, 1.807) is 24.4 Å². The predicted molar refractivity (Wildman–Crippen MR) is 281 cm³/mol. The molecule has 0 aliphatic carbocycles. The predicted octanol–water partition coefficient (Wildman–Crippen LogP) is 15.0. The molecule has 0 unspecified atom stereocenters. The van der Waals surface area contributed by atoms with Crippen molar-refractivity contribution in [2.24, 2.45) is 0 Å². The first-order valence-electron chi connectivity index (χ1n) is 30.5. The van der Waals surface area contributed by atoms with Gasteiger partial charge in [-0.05, 0) is 28.2 Å². The Bertz CT molecular complexity index is 4750. The van der Waals surface area contributed by atoms with Crippen LogP contribution < -0.4 is 9.64 Å².